The van der Waals surface area contributed by atoms with Crippen molar-refractivity contribution in [2.45, 2.75) is 285 Å². The lowest BCUT2D eigenvalue weighted by atomic mass is 10.1. The largest absolute Gasteiger partial charge is 0.462 e. The number of nitrogens with one attached hydrogen (secondary N) is 6. The molecular weight excluding hydrogens is 1550 g/mol. The third-order valence-corrected chi connectivity index (χ3v) is 21.1. The molecule has 0 aliphatic carbocycles. The Hall–Kier alpha value is -10.7. The number of pyridine rings is 3. The molecule has 3 aromatic heterocycles. The van der Waals surface area contributed by atoms with E-state index in [0.717, 1.165) is 115 Å². The van der Waals surface area contributed by atoms with E-state index in [0.29, 0.717) is 25.7 Å². The first-order chi connectivity index (χ1) is 59.0. The highest BCUT2D eigenvalue weighted by molar-refractivity contribution is 6.31. The molecule has 0 saturated heterocycles. The van der Waals surface area contributed by atoms with E-state index in [1.807, 2.05) is 0 Å². The van der Waals surface area contributed by atoms with Crippen molar-refractivity contribution in [3.05, 3.63) is 195 Å². The van der Waals surface area contributed by atoms with E-state index in [1.54, 1.807) is 48.5 Å². The standard InChI is InChI=1S/C97H128ClN9O14/c1-5-9-13-17-21-25-29-33-37-49-61-118-94(114)74-53-41-45-57-78(74)104-90(110)84-67-72(68-85(102-84)91(111)105-79-58-46-42-54-75(79)95(115)119-62-50-38-34-30-26-22-18-14-10-6-2)99-88(108)82-65-71(98)66-83(101-82)89(109)100-73-69-86(92(112)106-80-59-47-43-55-76(80)96(116)120-63-51-39-35-31-27-23-19-15-11-7-3)103-87(70-73)93(113)107-81-60-48-44-56-77(81)97(117)121-64-52-40-36-32-28-24-20-16-12-8-4/h41-48,53-60,65-70H,5-40,49-52,61-64H2,1-4H3,(H,104,110)(H,105,111)(H,106,112)(H,107,113)(H,99,102,108)(H,100,103,109). The highest BCUT2D eigenvalue weighted by Gasteiger charge is 2.26. The number of ether oxygens (including phenoxy) is 4. The molecule has 652 valence electrons. The Bertz CT molecular complexity index is 3920. The van der Waals surface area contributed by atoms with Crippen LogP contribution in [0.5, 0.6) is 0 Å². The van der Waals surface area contributed by atoms with E-state index in [9.17, 15) is 47.9 Å². The summed E-state index contributed by atoms with van der Waals surface area (Å²) in [6, 6.07) is 31.9. The first kappa shape index (κ1) is 97.4. The maximum absolute atomic E-state index is 14.6. The number of hydrogen-bond donors (Lipinski definition) is 6. The van der Waals surface area contributed by atoms with Gasteiger partial charge < -0.3 is 50.8 Å². The summed E-state index contributed by atoms with van der Waals surface area (Å²) >= 11 is 6.70. The van der Waals surface area contributed by atoms with Crippen molar-refractivity contribution in [1.29, 1.82) is 0 Å². The number of aromatic nitrogens is 3. The van der Waals surface area contributed by atoms with Gasteiger partial charge in [0.05, 0.1) is 71.4 Å². The van der Waals surface area contributed by atoms with E-state index >= 15 is 0 Å². The monoisotopic (exact) mass is 1680 g/mol. The van der Waals surface area contributed by atoms with Gasteiger partial charge in [0.15, 0.2) is 0 Å². The van der Waals surface area contributed by atoms with Gasteiger partial charge in [-0.25, -0.2) is 34.1 Å². The Morgan fingerprint density at radius 2 is 0.413 bits per heavy atom. The number of unbranched alkanes of at least 4 members (excludes halogenated alkanes) is 36. The second-order valence-electron chi connectivity index (χ2n) is 31.0. The molecule has 23 nitrogen and oxygen atoms in total. The van der Waals surface area contributed by atoms with Crippen LogP contribution in [0.1, 0.15) is 389 Å². The Labute approximate surface area is 720 Å². The Morgan fingerprint density at radius 3 is 0.620 bits per heavy atom. The number of esters is 4. The molecule has 0 radical (unpaired) electrons. The fourth-order valence-corrected chi connectivity index (χ4v) is 14.2. The van der Waals surface area contributed by atoms with Gasteiger partial charge in [-0.3, -0.25) is 28.8 Å². The number of halogens is 1. The molecule has 4 aromatic carbocycles. The van der Waals surface area contributed by atoms with Gasteiger partial charge in [0, 0.05) is 16.4 Å². The minimum atomic E-state index is -1.00. The number of benzene rings is 4. The van der Waals surface area contributed by atoms with Crippen LogP contribution in [0, 0.1) is 0 Å². The van der Waals surface area contributed by atoms with Crippen LogP contribution >= 0.6 is 11.6 Å². The molecule has 0 unspecified atom stereocenters. The van der Waals surface area contributed by atoms with Gasteiger partial charge in [0.1, 0.15) is 34.2 Å². The number of para-hydroxylation sites is 4. The molecule has 7 aromatic rings. The Morgan fingerprint density at radius 1 is 0.240 bits per heavy atom. The molecule has 6 amide bonds. The molecule has 0 fully saturated rings. The molecule has 0 spiro atoms. The van der Waals surface area contributed by atoms with Crippen LogP contribution in [0.25, 0.3) is 0 Å². The fourth-order valence-electron chi connectivity index (χ4n) is 13.9. The molecule has 7 rings (SSSR count). The molecular formula is C97H128ClN9O14. The van der Waals surface area contributed by atoms with E-state index in [4.69, 9.17) is 30.5 Å². The van der Waals surface area contributed by atoms with Crippen LogP contribution < -0.4 is 31.9 Å². The summed E-state index contributed by atoms with van der Waals surface area (Å²) in [5, 5.41) is 16.0. The summed E-state index contributed by atoms with van der Waals surface area (Å²) in [5.74, 6) is -8.34. The lowest BCUT2D eigenvalue weighted by molar-refractivity contribution is 0.0489. The van der Waals surface area contributed by atoms with Gasteiger partial charge >= 0.3 is 23.9 Å². The molecule has 0 aliphatic heterocycles. The number of anilines is 6. The van der Waals surface area contributed by atoms with Crippen LogP contribution in [0.2, 0.25) is 5.02 Å². The maximum Gasteiger partial charge on any atom is 0.340 e. The van der Waals surface area contributed by atoms with E-state index in [2.05, 4.69) is 74.5 Å². The van der Waals surface area contributed by atoms with Gasteiger partial charge in [-0.2, -0.15) is 0 Å². The number of amides is 6. The topological polar surface area (TPSA) is 318 Å². The second-order valence-corrected chi connectivity index (χ2v) is 31.4. The van der Waals surface area contributed by atoms with Crippen molar-refractivity contribution in [3.8, 4) is 0 Å². The van der Waals surface area contributed by atoms with E-state index in [-0.39, 0.29) is 87.8 Å². The lowest BCUT2D eigenvalue weighted by Crippen LogP contribution is -2.23. The van der Waals surface area contributed by atoms with E-state index in [1.165, 1.54) is 201 Å². The van der Waals surface area contributed by atoms with Crippen molar-refractivity contribution in [3.63, 3.8) is 0 Å². The summed E-state index contributed by atoms with van der Waals surface area (Å²) < 4.78 is 22.7. The predicted molar refractivity (Wildman–Crippen MR) is 480 cm³/mol. The Balaban J connectivity index is 1.12. The molecule has 24 heteroatoms. The van der Waals surface area contributed by atoms with Crippen LogP contribution in [0.15, 0.2) is 133 Å². The molecule has 0 saturated carbocycles. The fraction of sp³-hybridized carbons (Fsp3) is 0.495. The zero-order valence-corrected chi connectivity index (χ0v) is 72.5. The summed E-state index contributed by atoms with van der Waals surface area (Å²) in [5.41, 5.74) is -2.46. The predicted octanol–water partition coefficient (Wildman–Crippen LogP) is 24.3. The maximum atomic E-state index is 14.6. The molecule has 0 aliphatic rings. The van der Waals surface area contributed by atoms with Crippen LogP contribution in [0.3, 0.4) is 0 Å². The minimum absolute atomic E-state index is 0.0486. The van der Waals surface area contributed by atoms with Crippen molar-refractivity contribution in [2.75, 3.05) is 58.3 Å². The minimum Gasteiger partial charge on any atom is -0.462 e. The molecule has 0 atom stereocenters. The quantitative estimate of drug-likeness (QED) is 0.0117. The van der Waals surface area contributed by atoms with Crippen molar-refractivity contribution < 1.29 is 66.9 Å². The SMILES string of the molecule is CCCCCCCCCCCCOC(=O)c1ccccc1NC(=O)c1cc(NC(=O)c2cc(Cl)cc(C(=O)Nc3cc(C(=O)Nc4ccccc4C(=O)OCCCCCCCCCCCC)nc(C(=O)Nc4ccccc4C(=O)OCCCCCCCCCCCC)c3)n2)cc(C(=O)Nc2ccccc2C(=O)OCCCCCCCCCCCC)n1. The van der Waals surface area contributed by atoms with Gasteiger partial charge in [-0.15, -0.1) is 0 Å². The summed E-state index contributed by atoms with van der Waals surface area (Å²) in [6.45, 7) is 9.45. The Kier molecular flexibility index (Phi) is 46.3. The molecule has 121 heavy (non-hydrogen) atoms. The number of carbonyl (C=O) groups is 10. The highest BCUT2D eigenvalue weighted by atomic mass is 35.5. The van der Waals surface area contributed by atoms with Crippen LogP contribution in [-0.2, 0) is 18.9 Å². The zero-order chi connectivity index (χ0) is 86.4. The van der Waals surface area contributed by atoms with Gasteiger partial charge in [0.25, 0.3) is 35.4 Å². The van der Waals surface area contributed by atoms with Crippen molar-refractivity contribution in [2.24, 2.45) is 0 Å². The smallest absolute Gasteiger partial charge is 0.340 e. The van der Waals surface area contributed by atoms with Gasteiger partial charge in [-0.1, -0.05) is 319 Å². The third kappa shape index (κ3) is 36.7. The number of rotatable bonds is 60. The number of nitrogens with zero attached hydrogens (tertiary/aromatic N) is 3. The normalized spacial score (nSPS) is 11.0. The average molecular weight is 1680 g/mol. The number of hydrogen-bond acceptors (Lipinski definition) is 17. The molecule has 3 heterocycles. The van der Waals surface area contributed by atoms with Gasteiger partial charge in [0.2, 0.25) is 0 Å². The summed E-state index contributed by atoms with van der Waals surface area (Å²) in [6.07, 6.45) is 43.8. The highest BCUT2D eigenvalue weighted by Crippen LogP contribution is 2.28. The van der Waals surface area contributed by atoms with Crippen molar-refractivity contribution >= 4 is 105 Å². The van der Waals surface area contributed by atoms with Crippen LogP contribution in [0.4, 0.5) is 34.1 Å². The van der Waals surface area contributed by atoms with Crippen molar-refractivity contribution in [1.82, 2.24) is 15.0 Å². The summed E-state index contributed by atoms with van der Waals surface area (Å²) in [4.78, 5) is 155. The second kappa shape index (κ2) is 57.5. The van der Waals surface area contributed by atoms with E-state index < -0.39 is 93.5 Å². The van der Waals surface area contributed by atoms with Gasteiger partial charge in [-0.05, 0) is 111 Å². The van der Waals surface area contributed by atoms with Crippen LogP contribution in [-0.4, -0.2) is 101 Å². The zero-order valence-electron chi connectivity index (χ0n) is 71.7. The first-order valence-electron chi connectivity index (χ1n) is 44.6. The average Bonchev–Trinajstić information content (AvgIpc) is 0.808. The first-order valence-corrected chi connectivity index (χ1v) is 45.0. The summed E-state index contributed by atoms with van der Waals surface area (Å²) in [7, 11) is 0. The lowest BCUT2D eigenvalue weighted by Gasteiger charge is -2.14. The molecule has 6 N–H and O–H groups in total. The third-order valence-electron chi connectivity index (χ3n) is 20.9. The number of carbonyl (C=O) groups excluding carboxylic acids is 10. The molecule has 0 bridgehead atoms.